The number of esters is 1. The highest BCUT2D eigenvalue weighted by molar-refractivity contribution is 5.88. The van der Waals surface area contributed by atoms with Crippen LogP contribution in [0.3, 0.4) is 0 Å². The number of carbonyl (C=O) groups is 1. The van der Waals surface area contributed by atoms with Gasteiger partial charge in [-0.3, -0.25) is 5.10 Å². The minimum atomic E-state index is -0.700. The van der Waals surface area contributed by atoms with E-state index >= 15 is 0 Å². The number of aromatic amines is 1. The molecule has 138 valence electrons. The highest BCUT2D eigenvalue weighted by Crippen LogP contribution is 2.41. The summed E-state index contributed by atoms with van der Waals surface area (Å²) in [5.74, 6) is 2.32. The third-order valence-electron chi connectivity index (χ3n) is 5.80. The molecule has 0 amide bonds. The predicted molar refractivity (Wildman–Crippen MR) is 97.1 cm³/mol. The molecule has 3 aliphatic rings. The van der Waals surface area contributed by atoms with Crippen molar-refractivity contribution in [1.82, 2.24) is 24.8 Å². The van der Waals surface area contributed by atoms with Gasteiger partial charge in [-0.15, -0.1) is 5.10 Å². The Morgan fingerprint density at radius 2 is 2.30 bits per heavy atom. The molecule has 2 atom stereocenters. The number of rotatable bonds is 4. The monoisotopic (exact) mass is 365 g/mol. The SMILES string of the molecule is C[C@@]12C[C@H](CN1c1nc(Nc3cc(C4CC4)[nH]n3)c3cccn3n1)OC2=O. The molecule has 2 saturated heterocycles. The Morgan fingerprint density at radius 3 is 3.07 bits per heavy atom. The second kappa shape index (κ2) is 4.99. The molecule has 1 aliphatic carbocycles. The Morgan fingerprint density at radius 1 is 1.41 bits per heavy atom. The molecule has 0 unspecified atom stereocenters. The molecule has 2 bridgehead atoms. The van der Waals surface area contributed by atoms with Gasteiger partial charge in [0, 0.05) is 30.3 Å². The maximum Gasteiger partial charge on any atom is 0.332 e. The van der Waals surface area contributed by atoms with Gasteiger partial charge in [0.15, 0.2) is 11.6 Å². The lowest BCUT2D eigenvalue weighted by atomic mass is 10.0. The van der Waals surface area contributed by atoms with E-state index in [4.69, 9.17) is 9.72 Å². The largest absolute Gasteiger partial charge is 0.459 e. The summed E-state index contributed by atoms with van der Waals surface area (Å²) in [6.45, 7) is 2.51. The summed E-state index contributed by atoms with van der Waals surface area (Å²) >= 11 is 0. The molecule has 9 nitrogen and oxygen atoms in total. The molecule has 0 aromatic carbocycles. The number of ether oxygens (including phenoxy) is 1. The summed E-state index contributed by atoms with van der Waals surface area (Å²) in [6, 6.07) is 5.91. The zero-order valence-corrected chi connectivity index (χ0v) is 14.8. The maximum atomic E-state index is 12.2. The van der Waals surface area contributed by atoms with Gasteiger partial charge in [-0.25, -0.2) is 9.31 Å². The molecule has 3 fully saturated rings. The number of H-pyrrole nitrogens is 1. The van der Waals surface area contributed by atoms with Gasteiger partial charge in [0.25, 0.3) is 0 Å². The molecule has 2 N–H and O–H groups in total. The Labute approximate surface area is 154 Å². The number of morpholine rings is 1. The number of hydrogen-bond donors (Lipinski definition) is 2. The van der Waals surface area contributed by atoms with Gasteiger partial charge in [0.2, 0.25) is 5.95 Å². The quantitative estimate of drug-likeness (QED) is 0.682. The highest BCUT2D eigenvalue weighted by Gasteiger charge is 2.57. The molecule has 0 radical (unpaired) electrons. The number of hydrogen-bond acceptors (Lipinski definition) is 7. The van der Waals surface area contributed by atoms with Crippen LogP contribution in [0.4, 0.5) is 17.6 Å². The summed E-state index contributed by atoms with van der Waals surface area (Å²) < 4.78 is 7.15. The molecule has 1 saturated carbocycles. The normalized spacial score (nSPS) is 26.8. The minimum Gasteiger partial charge on any atom is -0.459 e. The molecule has 2 aliphatic heterocycles. The first-order valence-electron chi connectivity index (χ1n) is 9.27. The van der Waals surface area contributed by atoms with Crippen LogP contribution in [-0.2, 0) is 9.53 Å². The van der Waals surface area contributed by atoms with E-state index in [1.807, 2.05) is 36.2 Å². The van der Waals surface area contributed by atoms with Crippen LogP contribution < -0.4 is 10.2 Å². The van der Waals surface area contributed by atoms with Crippen molar-refractivity contribution in [1.29, 1.82) is 0 Å². The summed E-state index contributed by atoms with van der Waals surface area (Å²) in [5.41, 5.74) is 1.31. The van der Waals surface area contributed by atoms with E-state index in [0.29, 0.717) is 30.6 Å². The molecular weight excluding hydrogens is 346 g/mol. The lowest BCUT2D eigenvalue weighted by Gasteiger charge is -2.33. The van der Waals surface area contributed by atoms with Crippen LogP contribution in [0, 0.1) is 0 Å². The Kier molecular flexibility index (Phi) is 2.78. The van der Waals surface area contributed by atoms with Crippen molar-refractivity contribution in [3.05, 3.63) is 30.1 Å². The number of nitrogens with zero attached hydrogens (tertiary/aromatic N) is 5. The van der Waals surface area contributed by atoms with Crippen LogP contribution in [0.15, 0.2) is 24.4 Å². The zero-order chi connectivity index (χ0) is 18.2. The topological polar surface area (TPSA) is 100 Å². The van der Waals surface area contributed by atoms with Gasteiger partial charge >= 0.3 is 5.97 Å². The van der Waals surface area contributed by atoms with Crippen molar-refractivity contribution < 1.29 is 9.53 Å². The Balaban J connectivity index is 1.40. The molecule has 6 rings (SSSR count). The molecule has 0 spiro atoms. The fourth-order valence-electron chi connectivity index (χ4n) is 4.13. The fraction of sp³-hybridized carbons (Fsp3) is 0.444. The van der Waals surface area contributed by atoms with Gasteiger partial charge in [-0.2, -0.15) is 10.1 Å². The lowest BCUT2D eigenvalue weighted by molar-refractivity contribution is -0.147. The summed E-state index contributed by atoms with van der Waals surface area (Å²) in [5, 5.41) is 15.4. The molecular formula is C18H19N7O2. The number of nitrogens with one attached hydrogen (secondary N) is 2. The van der Waals surface area contributed by atoms with E-state index < -0.39 is 5.54 Å². The van der Waals surface area contributed by atoms with E-state index in [9.17, 15) is 4.79 Å². The molecule has 27 heavy (non-hydrogen) atoms. The van der Waals surface area contributed by atoms with Crippen molar-refractivity contribution in [3.8, 4) is 0 Å². The number of anilines is 3. The van der Waals surface area contributed by atoms with Crippen molar-refractivity contribution in [2.24, 2.45) is 0 Å². The standard InChI is InChI=1S/C18H19N7O2/c1-18-8-11(27-16(18)26)9-24(18)17-20-15(13-3-2-6-25(13)23-17)19-14-7-12(21-22-14)10-4-5-10/h2-3,6-7,10-11H,4-5,8-9H2,1H3,(H2,19,20,21,22,23)/t11-,18+/m1/s1. The van der Waals surface area contributed by atoms with E-state index in [0.717, 1.165) is 17.0 Å². The summed E-state index contributed by atoms with van der Waals surface area (Å²) in [4.78, 5) is 18.9. The van der Waals surface area contributed by atoms with E-state index in [1.165, 1.54) is 12.8 Å². The lowest BCUT2D eigenvalue weighted by Crippen LogP contribution is -2.51. The Hall–Kier alpha value is -3.10. The van der Waals surface area contributed by atoms with Gasteiger partial charge in [0.1, 0.15) is 17.2 Å². The van der Waals surface area contributed by atoms with Crippen LogP contribution in [0.5, 0.6) is 0 Å². The van der Waals surface area contributed by atoms with Crippen molar-refractivity contribution in [2.45, 2.75) is 43.7 Å². The van der Waals surface area contributed by atoms with Crippen LogP contribution in [0.25, 0.3) is 5.52 Å². The fourth-order valence-corrected chi connectivity index (χ4v) is 4.13. The van der Waals surface area contributed by atoms with Gasteiger partial charge in [-0.1, -0.05) is 0 Å². The number of aromatic nitrogens is 5. The average Bonchev–Trinajstić information content (AvgIpc) is 2.98. The first-order valence-corrected chi connectivity index (χ1v) is 9.27. The second-order valence-corrected chi connectivity index (χ2v) is 7.82. The van der Waals surface area contributed by atoms with Crippen LogP contribution in [0.1, 0.15) is 37.8 Å². The second-order valence-electron chi connectivity index (χ2n) is 7.82. The minimum absolute atomic E-state index is 0.0877. The molecule has 3 aromatic rings. The average molecular weight is 365 g/mol. The third-order valence-corrected chi connectivity index (χ3v) is 5.80. The number of fused-ring (bicyclic) bond motifs is 3. The summed E-state index contributed by atoms with van der Waals surface area (Å²) in [6.07, 6.45) is 4.89. The molecule has 9 heteroatoms. The van der Waals surface area contributed by atoms with Crippen LogP contribution in [-0.4, -0.2) is 49.0 Å². The van der Waals surface area contributed by atoms with E-state index in [2.05, 4.69) is 20.6 Å². The third kappa shape index (κ3) is 2.17. The first kappa shape index (κ1) is 15.0. The predicted octanol–water partition coefficient (Wildman–Crippen LogP) is 1.97. The van der Waals surface area contributed by atoms with Gasteiger partial charge in [0.05, 0.1) is 6.54 Å². The molecule has 5 heterocycles. The van der Waals surface area contributed by atoms with Crippen molar-refractivity contribution >= 4 is 29.1 Å². The summed E-state index contributed by atoms with van der Waals surface area (Å²) in [7, 11) is 0. The Bertz CT molecular complexity index is 1070. The van der Waals surface area contributed by atoms with Crippen molar-refractivity contribution in [2.75, 3.05) is 16.8 Å². The van der Waals surface area contributed by atoms with E-state index in [1.54, 1.807) is 4.52 Å². The first-order chi connectivity index (χ1) is 13.1. The maximum absolute atomic E-state index is 12.2. The van der Waals surface area contributed by atoms with Crippen LogP contribution >= 0.6 is 0 Å². The number of carbonyl (C=O) groups excluding carboxylic acids is 1. The van der Waals surface area contributed by atoms with Crippen LogP contribution in [0.2, 0.25) is 0 Å². The van der Waals surface area contributed by atoms with Gasteiger partial charge in [-0.05, 0) is 31.9 Å². The molecule has 3 aromatic heterocycles. The zero-order valence-electron chi connectivity index (χ0n) is 14.8. The smallest absolute Gasteiger partial charge is 0.332 e. The van der Waals surface area contributed by atoms with E-state index in [-0.39, 0.29) is 12.1 Å². The van der Waals surface area contributed by atoms with Crippen molar-refractivity contribution in [3.63, 3.8) is 0 Å². The van der Waals surface area contributed by atoms with Gasteiger partial charge < -0.3 is 15.0 Å². The highest BCUT2D eigenvalue weighted by atomic mass is 16.6.